The van der Waals surface area contributed by atoms with Crippen molar-refractivity contribution in [3.63, 3.8) is 0 Å². The molecular formula is C22H21N. The van der Waals surface area contributed by atoms with Crippen LogP contribution in [-0.2, 0) is 13.1 Å². The van der Waals surface area contributed by atoms with Gasteiger partial charge >= 0.3 is 0 Å². The van der Waals surface area contributed by atoms with Crippen molar-refractivity contribution < 1.29 is 0 Å². The van der Waals surface area contributed by atoms with Crippen LogP contribution in [0.25, 0.3) is 11.1 Å². The highest BCUT2D eigenvalue weighted by molar-refractivity contribution is 5.72. The lowest BCUT2D eigenvalue weighted by Crippen LogP contribution is -2.25. The lowest BCUT2D eigenvalue weighted by atomic mass is 9.94. The van der Waals surface area contributed by atoms with E-state index in [-0.39, 0.29) is 0 Å². The zero-order valence-corrected chi connectivity index (χ0v) is 13.4. The average molecular weight is 299 g/mol. The Kier molecular flexibility index (Phi) is 3.72. The Bertz CT molecular complexity index is 807. The van der Waals surface area contributed by atoms with Crippen molar-refractivity contribution in [2.24, 2.45) is 0 Å². The molecule has 1 heterocycles. The monoisotopic (exact) mass is 299 g/mol. The molecule has 23 heavy (non-hydrogen) atoms. The van der Waals surface area contributed by atoms with Gasteiger partial charge in [0.15, 0.2) is 0 Å². The molecule has 0 N–H and O–H groups in total. The fourth-order valence-electron chi connectivity index (χ4n) is 3.59. The largest absolute Gasteiger partial charge is 0.288 e. The maximum atomic E-state index is 2.57. The first-order valence-corrected chi connectivity index (χ1v) is 8.28. The summed E-state index contributed by atoms with van der Waals surface area (Å²) < 4.78 is 0. The molecule has 0 radical (unpaired) electrons. The summed E-state index contributed by atoms with van der Waals surface area (Å²) in [5, 5.41) is 0. The van der Waals surface area contributed by atoms with E-state index >= 15 is 0 Å². The van der Waals surface area contributed by atoms with Crippen LogP contribution in [0.15, 0.2) is 78.9 Å². The van der Waals surface area contributed by atoms with Gasteiger partial charge in [-0.05, 0) is 34.7 Å². The molecule has 0 spiro atoms. The van der Waals surface area contributed by atoms with Crippen LogP contribution in [0.4, 0.5) is 0 Å². The maximum absolute atomic E-state index is 2.57. The van der Waals surface area contributed by atoms with Gasteiger partial charge in [0, 0.05) is 19.1 Å². The molecule has 1 heteroatoms. The molecule has 0 unspecified atom stereocenters. The molecule has 3 aromatic carbocycles. The third-order valence-electron chi connectivity index (χ3n) is 4.87. The topological polar surface area (TPSA) is 3.24 Å². The smallest absolute Gasteiger partial charge is 0.0333 e. The molecule has 1 aliphatic heterocycles. The highest BCUT2D eigenvalue weighted by atomic mass is 15.1. The molecule has 0 fully saturated rings. The van der Waals surface area contributed by atoms with Gasteiger partial charge in [0.25, 0.3) is 0 Å². The summed E-state index contributed by atoms with van der Waals surface area (Å²) in [4.78, 5) is 2.57. The number of hydrogen-bond donors (Lipinski definition) is 0. The van der Waals surface area contributed by atoms with Gasteiger partial charge < -0.3 is 0 Å². The molecular weight excluding hydrogens is 278 g/mol. The van der Waals surface area contributed by atoms with Crippen molar-refractivity contribution in [2.45, 2.75) is 26.1 Å². The fourth-order valence-corrected chi connectivity index (χ4v) is 3.59. The van der Waals surface area contributed by atoms with Crippen LogP contribution in [0.3, 0.4) is 0 Å². The predicted molar refractivity (Wildman–Crippen MR) is 96.0 cm³/mol. The molecule has 3 aromatic rings. The summed E-state index contributed by atoms with van der Waals surface area (Å²) in [6.45, 7) is 4.29. The minimum atomic E-state index is 0.402. The molecule has 1 nitrogen and oxygen atoms in total. The molecule has 1 aliphatic rings. The summed E-state index contributed by atoms with van der Waals surface area (Å²) in [7, 11) is 0. The van der Waals surface area contributed by atoms with Crippen molar-refractivity contribution in [1.82, 2.24) is 4.90 Å². The highest BCUT2D eigenvalue weighted by Crippen LogP contribution is 2.38. The van der Waals surface area contributed by atoms with Crippen LogP contribution >= 0.6 is 0 Å². The Morgan fingerprint density at radius 1 is 0.783 bits per heavy atom. The van der Waals surface area contributed by atoms with Crippen molar-refractivity contribution >= 4 is 0 Å². The van der Waals surface area contributed by atoms with Crippen LogP contribution < -0.4 is 0 Å². The van der Waals surface area contributed by atoms with E-state index in [4.69, 9.17) is 0 Å². The van der Waals surface area contributed by atoms with Crippen LogP contribution in [0.1, 0.15) is 29.7 Å². The van der Waals surface area contributed by atoms with Gasteiger partial charge in [-0.25, -0.2) is 0 Å². The number of rotatable bonds is 2. The Balaban J connectivity index is 1.79. The Morgan fingerprint density at radius 2 is 1.43 bits per heavy atom. The van der Waals surface area contributed by atoms with Crippen LogP contribution in [0.2, 0.25) is 0 Å². The SMILES string of the molecule is C[C@@H]1c2ccccc2-c2ccccc2CN1Cc1ccccc1. The van der Waals surface area contributed by atoms with Gasteiger partial charge in [-0.15, -0.1) is 0 Å². The van der Waals surface area contributed by atoms with E-state index in [1.54, 1.807) is 0 Å². The number of benzene rings is 3. The lowest BCUT2D eigenvalue weighted by Gasteiger charge is -2.28. The van der Waals surface area contributed by atoms with E-state index in [1.807, 2.05) is 0 Å². The maximum Gasteiger partial charge on any atom is 0.0333 e. The van der Waals surface area contributed by atoms with Crippen molar-refractivity contribution in [3.05, 3.63) is 95.6 Å². The summed E-state index contributed by atoms with van der Waals surface area (Å²) in [6.07, 6.45) is 0. The third kappa shape index (κ3) is 2.69. The third-order valence-corrected chi connectivity index (χ3v) is 4.87. The molecule has 4 rings (SSSR count). The van der Waals surface area contributed by atoms with Crippen molar-refractivity contribution in [2.75, 3.05) is 0 Å². The van der Waals surface area contributed by atoms with Crippen molar-refractivity contribution in [3.8, 4) is 11.1 Å². The second kappa shape index (κ2) is 6.02. The molecule has 0 aliphatic carbocycles. The Labute approximate surface area is 138 Å². The van der Waals surface area contributed by atoms with E-state index in [9.17, 15) is 0 Å². The quantitative estimate of drug-likeness (QED) is 0.610. The molecule has 0 saturated heterocycles. The average Bonchev–Trinajstić information content (AvgIpc) is 2.72. The number of nitrogens with zero attached hydrogens (tertiary/aromatic N) is 1. The number of fused-ring (bicyclic) bond motifs is 3. The summed E-state index contributed by atoms with van der Waals surface area (Å²) in [5.41, 5.74) is 6.97. The van der Waals surface area contributed by atoms with E-state index in [0.717, 1.165) is 13.1 Å². The first-order chi connectivity index (χ1) is 11.3. The summed E-state index contributed by atoms with van der Waals surface area (Å²) in [5.74, 6) is 0. The minimum absolute atomic E-state index is 0.402. The standard InChI is InChI=1S/C22H21N/c1-17-20-12-7-8-14-22(20)21-13-6-5-11-19(21)16-23(17)15-18-9-3-2-4-10-18/h2-14,17H,15-16H2,1H3/t17-/m1/s1. The van der Waals surface area contributed by atoms with Gasteiger partial charge in [0.1, 0.15) is 0 Å². The minimum Gasteiger partial charge on any atom is -0.288 e. The van der Waals surface area contributed by atoms with Crippen LogP contribution in [-0.4, -0.2) is 4.90 Å². The van der Waals surface area contributed by atoms with Gasteiger partial charge in [-0.3, -0.25) is 4.90 Å². The Morgan fingerprint density at radius 3 is 2.26 bits per heavy atom. The second-order valence-electron chi connectivity index (χ2n) is 6.31. The predicted octanol–water partition coefficient (Wildman–Crippen LogP) is 5.43. The second-order valence-corrected chi connectivity index (χ2v) is 6.31. The molecule has 1 atom stereocenters. The molecule has 0 saturated carbocycles. The van der Waals surface area contributed by atoms with Crippen LogP contribution in [0, 0.1) is 0 Å². The first kappa shape index (κ1) is 14.2. The molecule has 0 amide bonds. The van der Waals surface area contributed by atoms with E-state index in [2.05, 4.69) is 90.7 Å². The normalized spacial score (nSPS) is 17.2. The van der Waals surface area contributed by atoms with E-state index < -0.39 is 0 Å². The lowest BCUT2D eigenvalue weighted by molar-refractivity contribution is 0.195. The van der Waals surface area contributed by atoms with Gasteiger partial charge in [0.2, 0.25) is 0 Å². The van der Waals surface area contributed by atoms with Crippen molar-refractivity contribution in [1.29, 1.82) is 0 Å². The number of hydrogen-bond acceptors (Lipinski definition) is 1. The Hall–Kier alpha value is -2.38. The van der Waals surface area contributed by atoms with Gasteiger partial charge in [-0.1, -0.05) is 78.9 Å². The summed E-state index contributed by atoms with van der Waals surface area (Å²) >= 11 is 0. The zero-order valence-electron chi connectivity index (χ0n) is 13.4. The van der Waals surface area contributed by atoms with E-state index in [0.29, 0.717) is 6.04 Å². The molecule has 0 aromatic heterocycles. The fraction of sp³-hybridized carbons (Fsp3) is 0.182. The molecule has 114 valence electrons. The van der Waals surface area contributed by atoms with Gasteiger partial charge in [0.05, 0.1) is 0 Å². The van der Waals surface area contributed by atoms with E-state index in [1.165, 1.54) is 27.8 Å². The van der Waals surface area contributed by atoms with Crippen LogP contribution in [0.5, 0.6) is 0 Å². The summed E-state index contributed by atoms with van der Waals surface area (Å²) in [6, 6.07) is 28.8. The first-order valence-electron chi connectivity index (χ1n) is 8.28. The zero-order chi connectivity index (χ0) is 15.6. The van der Waals surface area contributed by atoms with Gasteiger partial charge in [-0.2, -0.15) is 0 Å². The molecule has 0 bridgehead atoms. The highest BCUT2D eigenvalue weighted by Gasteiger charge is 2.24.